The van der Waals surface area contributed by atoms with E-state index in [1.54, 1.807) is 0 Å². The molecule has 0 aliphatic carbocycles. The van der Waals surface area contributed by atoms with Crippen LogP contribution in [0.2, 0.25) is 20.1 Å². The zero-order valence-electron chi connectivity index (χ0n) is 6.78. The van der Waals surface area contributed by atoms with Crippen molar-refractivity contribution >= 4 is 46.4 Å². The quantitative estimate of drug-likeness (QED) is 0.442. The molecule has 0 saturated heterocycles. The minimum atomic E-state index is 0.0669. The van der Waals surface area contributed by atoms with Crippen molar-refractivity contribution in [1.82, 2.24) is 0 Å². The average Bonchev–Trinajstić information content (AvgIpc) is 2.14. The van der Waals surface area contributed by atoms with Gasteiger partial charge in [0.05, 0.1) is 15.1 Å². The summed E-state index contributed by atoms with van der Waals surface area (Å²) in [6, 6.07) is 1.45. The smallest absolute Gasteiger partial charge is 0.159 e. The molecule has 1 nitrogen and oxygen atoms in total. The monoisotopic (exact) mass is 268 g/mol. The van der Waals surface area contributed by atoms with E-state index in [0.717, 1.165) is 0 Å². The second-order valence-electron chi connectivity index (χ2n) is 2.29. The van der Waals surface area contributed by atoms with Crippen molar-refractivity contribution in [2.24, 2.45) is 0 Å². The van der Waals surface area contributed by atoms with E-state index in [-0.39, 0.29) is 32.4 Å². The molecular formula is C9H4Cl4O. The lowest BCUT2D eigenvalue weighted by Crippen LogP contribution is -1.95. The van der Waals surface area contributed by atoms with E-state index in [9.17, 15) is 0 Å². The summed E-state index contributed by atoms with van der Waals surface area (Å²) in [5.74, 6) is 2.54. The van der Waals surface area contributed by atoms with Gasteiger partial charge in [-0.25, -0.2) is 0 Å². The van der Waals surface area contributed by atoms with E-state index in [1.165, 1.54) is 6.07 Å². The second kappa shape index (κ2) is 5.00. The fourth-order valence-electron chi connectivity index (χ4n) is 0.796. The summed E-state index contributed by atoms with van der Waals surface area (Å²) >= 11 is 23.2. The van der Waals surface area contributed by atoms with Crippen LogP contribution in [0.25, 0.3) is 0 Å². The Bertz CT molecular complexity index is 395. The Morgan fingerprint density at radius 3 is 2.36 bits per heavy atom. The van der Waals surface area contributed by atoms with Gasteiger partial charge in [0, 0.05) is 0 Å². The fraction of sp³-hybridized carbons (Fsp3) is 0.111. The third kappa shape index (κ3) is 2.40. The Balaban J connectivity index is 3.17. The van der Waals surface area contributed by atoms with Gasteiger partial charge < -0.3 is 4.74 Å². The molecule has 0 radical (unpaired) electrons. The number of benzene rings is 1. The molecule has 1 aromatic rings. The van der Waals surface area contributed by atoms with E-state index in [2.05, 4.69) is 5.92 Å². The molecule has 5 heteroatoms. The minimum absolute atomic E-state index is 0.0669. The molecule has 1 aromatic carbocycles. The Kier molecular flexibility index (Phi) is 4.22. The molecule has 0 fully saturated rings. The molecular weight excluding hydrogens is 266 g/mol. The van der Waals surface area contributed by atoms with Gasteiger partial charge in [0.15, 0.2) is 5.75 Å². The van der Waals surface area contributed by atoms with Crippen LogP contribution in [0.1, 0.15) is 0 Å². The molecule has 0 aliphatic heterocycles. The van der Waals surface area contributed by atoms with Crippen LogP contribution in [-0.4, -0.2) is 6.61 Å². The van der Waals surface area contributed by atoms with Crippen LogP contribution in [-0.2, 0) is 0 Å². The van der Waals surface area contributed by atoms with Crippen molar-refractivity contribution in [1.29, 1.82) is 0 Å². The molecule has 0 aromatic heterocycles. The molecule has 0 amide bonds. The molecule has 0 saturated carbocycles. The van der Waals surface area contributed by atoms with E-state index in [1.807, 2.05) is 0 Å². The number of hydrogen-bond acceptors (Lipinski definition) is 1. The molecule has 14 heavy (non-hydrogen) atoms. The number of hydrogen-bond donors (Lipinski definition) is 0. The number of terminal acetylenes is 1. The Morgan fingerprint density at radius 1 is 1.14 bits per heavy atom. The Labute approximate surface area is 102 Å². The van der Waals surface area contributed by atoms with Gasteiger partial charge in [-0.15, -0.1) is 6.42 Å². The molecule has 0 aliphatic rings. The van der Waals surface area contributed by atoms with Crippen LogP contribution >= 0.6 is 46.4 Å². The summed E-state index contributed by atoms with van der Waals surface area (Å²) in [5.41, 5.74) is 0. The molecule has 0 spiro atoms. The number of ether oxygens (including phenoxy) is 1. The van der Waals surface area contributed by atoms with Crippen molar-refractivity contribution in [2.75, 3.05) is 6.61 Å². The summed E-state index contributed by atoms with van der Waals surface area (Å²) in [6.45, 7) is 0.0669. The van der Waals surface area contributed by atoms with Crippen LogP contribution in [0.5, 0.6) is 5.75 Å². The third-order valence-corrected chi connectivity index (χ3v) is 2.90. The minimum Gasteiger partial charge on any atom is -0.478 e. The van der Waals surface area contributed by atoms with Crippen molar-refractivity contribution in [2.45, 2.75) is 0 Å². The average molecular weight is 270 g/mol. The van der Waals surface area contributed by atoms with Gasteiger partial charge >= 0.3 is 0 Å². The first-order valence-electron chi connectivity index (χ1n) is 3.47. The predicted octanol–water partition coefficient (Wildman–Crippen LogP) is 4.31. The van der Waals surface area contributed by atoms with Crippen molar-refractivity contribution in [3.8, 4) is 18.1 Å². The zero-order chi connectivity index (χ0) is 10.7. The highest BCUT2D eigenvalue weighted by Gasteiger charge is 2.14. The summed E-state index contributed by atoms with van der Waals surface area (Å²) < 4.78 is 5.11. The maximum Gasteiger partial charge on any atom is 0.159 e. The Hall–Kier alpha value is -0.260. The molecule has 74 valence electrons. The van der Waals surface area contributed by atoms with Gasteiger partial charge in [-0.05, 0) is 6.07 Å². The Morgan fingerprint density at radius 2 is 1.79 bits per heavy atom. The summed E-state index contributed by atoms with van der Waals surface area (Å²) in [6.07, 6.45) is 5.02. The van der Waals surface area contributed by atoms with Crippen LogP contribution < -0.4 is 4.74 Å². The third-order valence-electron chi connectivity index (χ3n) is 1.37. The SMILES string of the molecule is C#CCOc1c(Cl)cc(Cl)c(Cl)c1Cl. The normalized spacial score (nSPS) is 9.64. The molecule has 0 heterocycles. The molecule has 0 unspecified atom stereocenters. The second-order valence-corrected chi connectivity index (χ2v) is 3.86. The summed E-state index contributed by atoms with van der Waals surface area (Å²) in [5, 5.41) is 0.915. The van der Waals surface area contributed by atoms with E-state index in [4.69, 9.17) is 57.6 Å². The first-order chi connectivity index (χ1) is 6.57. The predicted molar refractivity (Wildman–Crippen MR) is 60.8 cm³/mol. The molecule has 0 bridgehead atoms. The molecule has 0 N–H and O–H groups in total. The standard InChI is InChI=1S/C9H4Cl4O/c1-2-3-14-9-6(11)4-5(10)7(12)8(9)13/h1,4H,3H2. The van der Waals surface area contributed by atoms with Gasteiger partial charge in [-0.1, -0.05) is 52.3 Å². The summed E-state index contributed by atoms with van der Waals surface area (Å²) in [4.78, 5) is 0. The lowest BCUT2D eigenvalue weighted by Gasteiger charge is -2.09. The summed E-state index contributed by atoms with van der Waals surface area (Å²) in [7, 11) is 0. The maximum atomic E-state index is 5.85. The fourth-order valence-corrected chi connectivity index (χ4v) is 1.81. The number of halogens is 4. The first-order valence-corrected chi connectivity index (χ1v) is 4.98. The van der Waals surface area contributed by atoms with Gasteiger partial charge in [-0.3, -0.25) is 0 Å². The van der Waals surface area contributed by atoms with Gasteiger partial charge in [0.2, 0.25) is 0 Å². The zero-order valence-corrected chi connectivity index (χ0v) is 9.81. The lowest BCUT2D eigenvalue weighted by molar-refractivity contribution is 0.371. The van der Waals surface area contributed by atoms with Gasteiger partial charge in [0.25, 0.3) is 0 Å². The molecule has 0 atom stereocenters. The maximum absolute atomic E-state index is 5.85. The van der Waals surface area contributed by atoms with Crippen LogP contribution in [0.3, 0.4) is 0 Å². The highest BCUT2D eigenvalue weighted by molar-refractivity contribution is 6.50. The highest BCUT2D eigenvalue weighted by atomic mass is 35.5. The molecule has 1 rings (SSSR count). The van der Waals surface area contributed by atoms with Crippen molar-refractivity contribution < 1.29 is 4.74 Å². The van der Waals surface area contributed by atoms with Gasteiger partial charge in [-0.2, -0.15) is 0 Å². The van der Waals surface area contributed by atoms with E-state index < -0.39 is 0 Å². The van der Waals surface area contributed by atoms with E-state index in [0.29, 0.717) is 0 Å². The van der Waals surface area contributed by atoms with E-state index >= 15 is 0 Å². The van der Waals surface area contributed by atoms with Crippen LogP contribution in [0, 0.1) is 12.3 Å². The van der Waals surface area contributed by atoms with Crippen LogP contribution in [0.15, 0.2) is 6.07 Å². The lowest BCUT2D eigenvalue weighted by atomic mass is 10.3. The van der Waals surface area contributed by atoms with Crippen molar-refractivity contribution in [3.05, 3.63) is 26.2 Å². The largest absolute Gasteiger partial charge is 0.478 e. The topological polar surface area (TPSA) is 9.23 Å². The van der Waals surface area contributed by atoms with Crippen LogP contribution in [0.4, 0.5) is 0 Å². The van der Waals surface area contributed by atoms with Crippen molar-refractivity contribution in [3.63, 3.8) is 0 Å². The van der Waals surface area contributed by atoms with Gasteiger partial charge in [0.1, 0.15) is 11.6 Å². The number of rotatable bonds is 2. The first kappa shape index (κ1) is 11.8. The highest BCUT2D eigenvalue weighted by Crippen LogP contribution is 2.42.